The zero-order chi connectivity index (χ0) is 19.6. The summed E-state index contributed by atoms with van der Waals surface area (Å²) in [5, 5.41) is 1.32. The Morgan fingerprint density at radius 1 is 1.00 bits per heavy atom. The third kappa shape index (κ3) is 1.71. The Kier molecular flexibility index (Phi) is 2.89. The highest BCUT2D eigenvalue weighted by molar-refractivity contribution is 6.90. The second-order valence-corrected chi connectivity index (χ2v) is 14.8. The third-order valence-electron chi connectivity index (χ3n) is 6.99. The van der Waals surface area contributed by atoms with Crippen LogP contribution in [0.5, 0.6) is 0 Å². The standard InChI is InChI=1S/C25H24O2Si/c1-13-10-25-11-14(2)18(13)20-19-15-8-6-7-9-16(15)23(26)21(19)24(28(3,4)5)17(12-27-25)22(20)25/h6-11,18H,12H2,1-5H3. The van der Waals surface area contributed by atoms with Crippen molar-refractivity contribution in [2.45, 2.75) is 51.6 Å². The van der Waals surface area contributed by atoms with Crippen LogP contribution in [0.2, 0.25) is 19.6 Å². The summed E-state index contributed by atoms with van der Waals surface area (Å²) < 4.78 is 6.52. The molecule has 3 heteroatoms. The summed E-state index contributed by atoms with van der Waals surface area (Å²) in [6.45, 7) is 12.1. The molecule has 7 rings (SSSR count). The van der Waals surface area contributed by atoms with Gasteiger partial charge in [-0.25, -0.2) is 0 Å². The molecule has 1 heterocycles. The Bertz CT molecular complexity index is 1170. The molecule has 0 atom stereocenters. The van der Waals surface area contributed by atoms with Crippen LogP contribution in [0.25, 0.3) is 11.1 Å². The van der Waals surface area contributed by atoms with E-state index in [4.69, 9.17) is 4.74 Å². The molecule has 0 amide bonds. The molecule has 0 N–H and O–H groups in total. The molecule has 2 aromatic carbocycles. The molecule has 0 saturated heterocycles. The molecule has 5 aliphatic rings. The van der Waals surface area contributed by atoms with Crippen molar-refractivity contribution < 1.29 is 9.53 Å². The highest BCUT2D eigenvalue weighted by atomic mass is 28.3. The summed E-state index contributed by atoms with van der Waals surface area (Å²) in [6, 6.07) is 8.19. The second-order valence-electron chi connectivity index (χ2n) is 9.81. The maximum Gasteiger partial charge on any atom is 0.194 e. The van der Waals surface area contributed by atoms with Crippen molar-refractivity contribution in [3.05, 3.63) is 75.4 Å². The molecular formula is C25H24O2Si. The molecule has 140 valence electrons. The van der Waals surface area contributed by atoms with Gasteiger partial charge < -0.3 is 4.74 Å². The number of benzene rings is 2. The van der Waals surface area contributed by atoms with E-state index < -0.39 is 13.7 Å². The quantitative estimate of drug-likeness (QED) is 0.427. The van der Waals surface area contributed by atoms with E-state index in [0.717, 1.165) is 16.7 Å². The molecule has 2 aromatic rings. The fourth-order valence-electron chi connectivity index (χ4n) is 6.26. The van der Waals surface area contributed by atoms with Crippen LogP contribution in [-0.2, 0) is 16.9 Å². The lowest BCUT2D eigenvalue weighted by molar-refractivity contribution is 0.0330. The molecule has 4 aliphatic carbocycles. The minimum atomic E-state index is -1.78. The number of allylic oxidation sites excluding steroid dienone is 2. The molecule has 0 aromatic heterocycles. The highest BCUT2D eigenvalue weighted by Gasteiger charge is 2.53. The van der Waals surface area contributed by atoms with Gasteiger partial charge in [-0.1, -0.05) is 55.1 Å². The molecule has 28 heavy (non-hydrogen) atoms. The van der Waals surface area contributed by atoms with Crippen molar-refractivity contribution in [3.8, 4) is 11.1 Å². The molecule has 0 saturated carbocycles. The average Bonchev–Trinajstić information content (AvgIpc) is 3.12. The fourth-order valence-corrected chi connectivity index (χ4v) is 8.35. The Morgan fingerprint density at radius 3 is 2.29 bits per heavy atom. The number of ether oxygens (including phenoxy) is 1. The average molecular weight is 385 g/mol. The maximum atomic E-state index is 13.6. The Morgan fingerprint density at radius 2 is 1.64 bits per heavy atom. The second kappa shape index (κ2) is 4.84. The summed E-state index contributed by atoms with van der Waals surface area (Å²) in [4.78, 5) is 13.6. The summed E-state index contributed by atoms with van der Waals surface area (Å²) in [6.07, 6.45) is 4.65. The fraction of sp³-hybridized carbons (Fsp3) is 0.320. The Balaban J connectivity index is 1.86. The van der Waals surface area contributed by atoms with Crippen molar-refractivity contribution in [1.82, 2.24) is 0 Å². The van der Waals surface area contributed by atoms with E-state index in [1.165, 1.54) is 38.6 Å². The van der Waals surface area contributed by atoms with Crippen LogP contribution in [-0.4, -0.2) is 13.9 Å². The number of hydrogen-bond acceptors (Lipinski definition) is 2. The Hall–Kier alpha value is -2.23. The van der Waals surface area contributed by atoms with Gasteiger partial charge in [0.25, 0.3) is 0 Å². The smallest absolute Gasteiger partial charge is 0.194 e. The van der Waals surface area contributed by atoms with Gasteiger partial charge in [0.05, 0.1) is 14.7 Å². The van der Waals surface area contributed by atoms with Gasteiger partial charge in [0, 0.05) is 22.6 Å². The Labute approximate surface area is 166 Å². The topological polar surface area (TPSA) is 26.3 Å². The van der Waals surface area contributed by atoms with E-state index in [1.54, 1.807) is 0 Å². The number of fused-ring (bicyclic) bond motifs is 3. The van der Waals surface area contributed by atoms with Crippen molar-refractivity contribution in [2.75, 3.05) is 0 Å². The zero-order valence-corrected chi connectivity index (χ0v) is 18.1. The third-order valence-corrected chi connectivity index (χ3v) is 9.04. The van der Waals surface area contributed by atoms with Crippen LogP contribution in [0.3, 0.4) is 0 Å². The molecule has 2 bridgehead atoms. The first-order valence-electron chi connectivity index (χ1n) is 10.1. The molecule has 0 radical (unpaired) electrons. The first-order valence-corrected chi connectivity index (χ1v) is 13.6. The molecule has 0 unspecified atom stereocenters. The van der Waals surface area contributed by atoms with Gasteiger partial charge in [0.1, 0.15) is 5.60 Å². The van der Waals surface area contributed by atoms with E-state index in [9.17, 15) is 4.79 Å². The van der Waals surface area contributed by atoms with Crippen molar-refractivity contribution in [2.24, 2.45) is 0 Å². The molecule has 1 aliphatic heterocycles. The van der Waals surface area contributed by atoms with Crippen LogP contribution >= 0.6 is 0 Å². The number of hydrogen-bond donors (Lipinski definition) is 0. The predicted octanol–water partition coefficient (Wildman–Crippen LogP) is 5.17. The molecular weight excluding hydrogens is 360 g/mol. The maximum absolute atomic E-state index is 13.6. The lowest BCUT2D eigenvalue weighted by Gasteiger charge is -2.43. The van der Waals surface area contributed by atoms with E-state index in [-0.39, 0.29) is 11.7 Å². The molecule has 2 nitrogen and oxygen atoms in total. The minimum Gasteiger partial charge on any atom is -0.357 e. The van der Waals surface area contributed by atoms with Gasteiger partial charge in [0.15, 0.2) is 5.78 Å². The number of ketones is 1. The molecule has 0 fully saturated rings. The van der Waals surface area contributed by atoms with Gasteiger partial charge >= 0.3 is 0 Å². The van der Waals surface area contributed by atoms with Gasteiger partial charge in [-0.3, -0.25) is 4.79 Å². The number of rotatable bonds is 1. The van der Waals surface area contributed by atoms with E-state index in [2.05, 4.69) is 57.8 Å². The lowest BCUT2D eigenvalue weighted by atomic mass is 9.64. The first kappa shape index (κ1) is 16.7. The summed E-state index contributed by atoms with van der Waals surface area (Å²) in [5.74, 6) is 0.480. The lowest BCUT2D eigenvalue weighted by Crippen LogP contribution is -2.45. The summed E-state index contributed by atoms with van der Waals surface area (Å²) in [5.41, 5.74) is 10.5. The van der Waals surface area contributed by atoms with E-state index in [1.807, 2.05) is 12.1 Å². The van der Waals surface area contributed by atoms with Crippen LogP contribution < -0.4 is 5.19 Å². The molecule has 1 spiro atoms. The van der Waals surface area contributed by atoms with Crippen molar-refractivity contribution in [1.29, 1.82) is 0 Å². The van der Waals surface area contributed by atoms with Gasteiger partial charge in [-0.05, 0) is 53.4 Å². The SMILES string of the molecule is CC1=CC23C=C(C)C1c1c4c(c([Si](C)(C)C)c(c12)CO3)C(=O)c1ccccc1-4. The summed E-state index contributed by atoms with van der Waals surface area (Å²) in [7, 11) is -1.78. The highest BCUT2D eigenvalue weighted by Crippen LogP contribution is 2.60. The first-order chi connectivity index (χ1) is 13.2. The number of carbonyl (C=O) groups excluding carboxylic acids is 1. The number of carbonyl (C=O) groups is 1. The zero-order valence-electron chi connectivity index (χ0n) is 17.1. The van der Waals surface area contributed by atoms with E-state index in [0.29, 0.717) is 6.61 Å². The van der Waals surface area contributed by atoms with Crippen LogP contribution in [0, 0.1) is 0 Å². The monoisotopic (exact) mass is 384 g/mol. The predicted molar refractivity (Wildman–Crippen MR) is 115 cm³/mol. The largest absolute Gasteiger partial charge is 0.357 e. The van der Waals surface area contributed by atoms with Gasteiger partial charge in [-0.15, -0.1) is 0 Å². The normalized spacial score (nSPS) is 26.0. The van der Waals surface area contributed by atoms with Crippen molar-refractivity contribution >= 4 is 19.0 Å². The minimum absolute atomic E-state index is 0.215. The van der Waals surface area contributed by atoms with Gasteiger partial charge in [-0.2, -0.15) is 0 Å². The van der Waals surface area contributed by atoms with Crippen molar-refractivity contribution in [3.63, 3.8) is 0 Å². The van der Waals surface area contributed by atoms with Gasteiger partial charge in [0.2, 0.25) is 0 Å². The van der Waals surface area contributed by atoms with E-state index >= 15 is 0 Å². The summed E-state index contributed by atoms with van der Waals surface area (Å²) >= 11 is 0. The van der Waals surface area contributed by atoms with Crippen LogP contribution in [0.1, 0.15) is 52.4 Å². The van der Waals surface area contributed by atoms with Crippen LogP contribution in [0.4, 0.5) is 0 Å². The van der Waals surface area contributed by atoms with Crippen LogP contribution in [0.15, 0.2) is 47.6 Å².